The Hall–Kier alpha value is -3.36. The van der Waals surface area contributed by atoms with Gasteiger partial charge in [0.25, 0.3) is 0 Å². The van der Waals surface area contributed by atoms with Crippen molar-refractivity contribution in [3.05, 3.63) is 36.7 Å². The van der Waals surface area contributed by atoms with Gasteiger partial charge in [-0.25, -0.2) is 14.8 Å². The molecule has 0 saturated carbocycles. The minimum Gasteiger partial charge on any atom is -0.454 e. The van der Waals surface area contributed by atoms with E-state index in [-0.39, 0.29) is 31.2 Å². The van der Waals surface area contributed by atoms with Gasteiger partial charge >= 0.3 is 6.03 Å². The van der Waals surface area contributed by atoms with Crippen LogP contribution in [0.2, 0.25) is 0 Å². The molecule has 25 heavy (non-hydrogen) atoms. The van der Waals surface area contributed by atoms with Crippen molar-refractivity contribution >= 4 is 23.6 Å². The molecule has 3 heterocycles. The van der Waals surface area contributed by atoms with Crippen molar-refractivity contribution in [1.82, 2.24) is 14.9 Å². The number of rotatable bonds is 4. The van der Waals surface area contributed by atoms with E-state index in [1.165, 1.54) is 17.3 Å². The molecule has 1 aromatic heterocycles. The Bertz CT molecular complexity index is 813. The zero-order chi connectivity index (χ0) is 17.2. The lowest BCUT2D eigenvalue weighted by atomic mass is 10.2. The second-order valence-electron chi connectivity index (χ2n) is 5.51. The molecule has 2 aliphatic heterocycles. The first kappa shape index (κ1) is 15.2. The van der Waals surface area contributed by atoms with E-state index in [9.17, 15) is 9.59 Å². The number of aromatic nitrogens is 2. The minimum atomic E-state index is -0.341. The number of hydrogen-bond donors (Lipinski definition) is 1. The van der Waals surface area contributed by atoms with Crippen LogP contribution in [0.25, 0.3) is 0 Å². The van der Waals surface area contributed by atoms with Gasteiger partial charge < -0.3 is 14.4 Å². The number of fused-ring (bicyclic) bond motifs is 1. The molecule has 0 spiro atoms. The second-order valence-corrected chi connectivity index (χ2v) is 5.51. The molecule has 9 nitrogen and oxygen atoms in total. The number of amides is 3. The average Bonchev–Trinajstić information content (AvgIpc) is 3.22. The predicted octanol–water partition coefficient (Wildman–Crippen LogP) is 1.09. The van der Waals surface area contributed by atoms with Crippen LogP contribution < -0.4 is 19.7 Å². The van der Waals surface area contributed by atoms with Gasteiger partial charge in [-0.2, -0.15) is 0 Å². The van der Waals surface area contributed by atoms with Gasteiger partial charge in [-0.15, -0.1) is 0 Å². The Labute approximate surface area is 143 Å². The molecule has 0 bridgehead atoms. The largest absolute Gasteiger partial charge is 0.454 e. The molecular weight excluding hydrogens is 326 g/mol. The van der Waals surface area contributed by atoms with Gasteiger partial charge in [0, 0.05) is 37.2 Å². The summed E-state index contributed by atoms with van der Waals surface area (Å²) in [5.41, 5.74) is 0.712. The normalized spacial score (nSPS) is 15.6. The molecule has 1 aromatic carbocycles. The number of urea groups is 1. The molecule has 2 aromatic rings. The average molecular weight is 341 g/mol. The van der Waals surface area contributed by atoms with Crippen LogP contribution in [0.5, 0.6) is 11.5 Å². The summed E-state index contributed by atoms with van der Waals surface area (Å²) in [7, 11) is 0. The lowest BCUT2D eigenvalue weighted by Gasteiger charge is -2.18. The summed E-state index contributed by atoms with van der Waals surface area (Å²) < 4.78 is 10.6. The predicted molar refractivity (Wildman–Crippen MR) is 87.5 cm³/mol. The summed E-state index contributed by atoms with van der Waals surface area (Å²) in [5, 5.41) is 2.57. The Morgan fingerprint density at radius 2 is 1.96 bits per heavy atom. The summed E-state index contributed by atoms with van der Waals surface area (Å²) in [5.74, 6) is 1.15. The molecule has 1 N–H and O–H groups in total. The van der Waals surface area contributed by atoms with Crippen LogP contribution >= 0.6 is 0 Å². The number of benzene rings is 1. The third-order valence-electron chi connectivity index (χ3n) is 3.91. The zero-order valence-corrected chi connectivity index (χ0v) is 13.2. The Kier molecular flexibility index (Phi) is 3.81. The van der Waals surface area contributed by atoms with Crippen molar-refractivity contribution < 1.29 is 19.1 Å². The molecule has 0 aliphatic carbocycles. The number of carbonyl (C=O) groups is 2. The molecule has 0 radical (unpaired) electrons. The summed E-state index contributed by atoms with van der Waals surface area (Å²) in [6.45, 7) is 1.07. The quantitative estimate of drug-likeness (QED) is 0.894. The van der Waals surface area contributed by atoms with Crippen LogP contribution in [-0.2, 0) is 4.79 Å². The van der Waals surface area contributed by atoms with Gasteiger partial charge in [0.1, 0.15) is 6.54 Å². The molecule has 0 unspecified atom stereocenters. The fourth-order valence-electron chi connectivity index (χ4n) is 2.72. The van der Waals surface area contributed by atoms with E-state index in [2.05, 4.69) is 15.3 Å². The first-order chi connectivity index (χ1) is 12.2. The molecule has 4 rings (SSSR count). The van der Waals surface area contributed by atoms with E-state index in [1.54, 1.807) is 29.2 Å². The summed E-state index contributed by atoms with van der Waals surface area (Å²) in [6, 6.07) is 6.76. The van der Waals surface area contributed by atoms with Crippen molar-refractivity contribution in [2.75, 3.05) is 36.6 Å². The van der Waals surface area contributed by atoms with Gasteiger partial charge in [-0.3, -0.25) is 15.0 Å². The lowest BCUT2D eigenvalue weighted by Crippen LogP contribution is -2.37. The Morgan fingerprint density at radius 1 is 1.16 bits per heavy atom. The van der Waals surface area contributed by atoms with Gasteiger partial charge in [-0.05, 0) is 18.2 Å². The molecule has 9 heteroatoms. The third-order valence-corrected chi connectivity index (χ3v) is 3.91. The SMILES string of the molecule is O=C(CN1CCN(c2ccc3c(c2)OCO3)C1=O)Nc1ncccn1. The van der Waals surface area contributed by atoms with Crippen molar-refractivity contribution in [3.8, 4) is 11.5 Å². The number of hydrogen-bond acceptors (Lipinski definition) is 6. The van der Waals surface area contributed by atoms with Crippen LogP contribution in [0.3, 0.4) is 0 Å². The molecule has 128 valence electrons. The highest BCUT2D eigenvalue weighted by molar-refractivity contribution is 5.99. The smallest absolute Gasteiger partial charge is 0.325 e. The molecule has 2 aliphatic rings. The van der Waals surface area contributed by atoms with Crippen molar-refractivity contribution in [3.63, 3.8) is 0 Å². The van der Waals surface area contributed by atoms with Crippen molar-refractivity contribution in [2.45, 2.75) is 0 Å². The highest BCUT2D eigenvalue weighted by Gasteiger charge is 2.31. The molecule has 1 fully saturated rings. The van der Waals surface area contributed by atoms with Crippen molar-refractivity contribution in [1.29, 1.82) is 0 Å². The van der Waals surface area contributed by atoms with E-state index >= 15 is 0 Å². The van der Waals surface area contributed by atoms with E-state index in [1.807, 2.05) is 0 Å². The van der Waals surface area contributed by atoms with Gasteiger partial charge in [-0.1, -0.05) is 0 Å². The highest BCUT2D eigenvalue weighted by Crippen LogP contribution is 2.36. The van der Waals surface area contributed by atoms with E-state index < -0.39 is 0 Å². The fourth-order valence-corrected chi connectivity index (χ4v) is 2.72. The fraction of sp³-hybridized carbons (Fsp3) is 0.250. The standard InChI is InChI=1S/C16H15N5O4/c22-14(19-15-17-4-1-5-18-15)9-20-6-7-21(16(20)23)11-2-3-12-13(8-11)25-10-24-12/h1-5,8H,6-7,9-10H2,(H,17,18,19,22). The minimum absolute atomic E-state index is 0.0574. The second kappa shape index (κ2) is 6.27. The van der Waals surface area contributed by atoms with Crippen LogP contribution in [-0.4, -0.2) is 53.2 Å². The molecule has 3 amide bonds. The van der Waals surface area contributed by atoms with Crippen LogP contribution in [0.15, 0.2) is 36.7 Å². The first-order valence-electron chi connectivity index (χ1n) is 7.74. The Balaban J connectivity index is 1.40. The van der Waals surface area contributed by atoms with Crippen LogP contribution in [0, 0.1) is 0 Å². The zero-order valence-electron chi connectivity index (χ0n) is 13.2. The van der Waals surface area contributed by atoms with Gasteiger partial charge in [0.15, 0.2) is 11.5 Å². The number of nitrogens with zero attached hydrogens (tertiary/aromatic N) is 4. The number of ether oxygens (including phenoxy) is 2. The number of carbonyl (C=O) groups excluding carboxylic acids is 2. The number of nitrogens with one attached hydrogen (secondary N) is 1. The lowest BCUT2D eigenvalue weighted by molar-refractivity contribution is -0.116. The maximum absolute atomic E-state index is 12.6. The van der Waals surface area contributed by atoms with E-state index in [4.69, 9.17) is 9.47 Å². The first-order valence-corrected chi connectivity index (χ1v) is 7.74. The maximum atomic E-state index is 12.6. The highest BCUT2D eigenvalue weighted by atomic mass is 16.7. The molecule has 1 saturated heterocycles. The summed E-state index contributed by atoms with van der Waals surface area (Å²) >= 11 is 0. The maximum Gasteiger partial charge on any atom is 0.325 e. The van der Waals surface area contributed by atoms with E-state index in [0.717, 1.165) is 0 Å². The molecule has 0 atom stereocenters. The van der Waals surface area contributed by atoms with E-state index in [0.29, 0.717) is 30.3 Å². The van der Waals surface area contributed by atoms with Gasteiger partial charge in [0.2, 0.25) is 18.6 Å². The van der Waals surface area contributed by atoms with Crippen LogP contribution in [0.1, 0.15) is 0 Å². The Morgan fingerprint density at radius 3 is 2.80 bits per heavy atom. The third kappa shape index (κ3) is 3.03. The topological polar surface area (TPSA) is 96.9 Å². The van der Waals surface area contributed by atoms with Gasteiger partial charge in [0.05, 0.1) is 0 Å². The summed E-state index contributed by atoms with van der Waals surface area (Å²) in [6.07, 6.45) is 3.07. The van der Waals surface area contributed by atoms with Crippen LogP contribution in [0.4, 0.5) is 16.4 Å². The monoisotopic (exact) mass is 341 g/mol. The molecular formula is C16H15N5O4. The van der Waals surface area contributed by atoms with Crippen molar-refractivity contribution in [2.24, 2.45) is 0 Å². The number of anilines is 2. The summed E-state index contributed by atoms with van der Waals surface area (Å²) in [4.78, 5) is 35.6.